The van der Waals surface area contributed by atoms with Crippen molar-refractivity contribution < 1.29 is 13.2 Å². The molecular weight excluding hydrogens is 438 g/mol. The van der Waals surface area contributed by atoms with Gasteiger partial charge in [-0.3, -0.25) is 4.79 Å². The third kappa shape index (κ3) is 4.20. The summed E-state index contributed by atoms with van der Waals surface area (Å²) in [5, 5.41) is 6.97. The number of thiophene rings is 1. The minimum absolute atomic E-state index is 0.272. The number of hydrogen-bond donors (Lipinski definition) is 1. The number of nitrogens with zero attached hydrogens (tertiary/aromatic N) is 2. The predicted octanol–water partition coefficient (Wildman–Crippen LogP) is 4.67. The maximum atomic E-state index is 13.0. The van der Waals surface area contributed by atoms with Gasteiger partial charge in [-0.05, 0) is 43.7 Å². The molecule has 0 aliphatic carbocycles. The van der Waals surface area contributed by atoms with Crippen molar-refractivity contribution in [3.05, 3.63) is 52.2 Å². The number of aromatic nitrogens is 1. The number of benzene rings is 1. The van der Waals surface area contributed by atoms with Gasteiger partial charge in [0.25, 0.3) is 10.0 Å². The van der Waals surface area contributed by atoms with Crippen molar-refractivity contribution in [1.82, 2.24) is 9.29 Å². The molecule has 0 spiro atoms. The minimum atomic E-state index is -3.68. The number of rotatable bonds is 5. The van der Waals surface area contributed by atoms with E-state index in [9.17, 15) is 13.2 Å². The number of amides is 1. The summed E-state index contributed by atoms with van der Waals surface area (Å²) in [5.74, 6) is -0.323. The molecule has 1 unspecified atom stereocenters. The summed E-state index contributed by atoms with van der Waals surface area (Å²) in [6, 6.07) is 8.74. The highest BCUT2D eigenvalue weighted by molar-refractivity contribution is 7.91. The Morgan fingerprint density at radius 1 is 1.20 bits per heavy atom. The lowest BCUT2D eigenvalue weighted by Gasteiger charge is -2.32. The predicted molar refractivity (Wildman–Crippen MR) is 122 cm³/mol. The summed E-state index contributed by atoms with van der Waals surface area (Å²) in [4.78, 5) is 17.6. The minimum Gasteiger partial charge on any atom is -0.301 e. The van der Waals surface area contributed by atoms with Crippen LogP contribution in [0.4, 0.5) is 5.13 Å². The van der Waals surface area contributed by atoms with Crippen LogP contribution in [0.5, 0.6) is 0 Å². The number of thiazole rings is 1. The van der Waals surface area contributed by atoms with Crippen LogP contribution in [0.25, 0.3) is 11.3 Å². The molecule has 1 aliphatic rings. The third-order valence-corrected chi connectivity index (χ3v) is 9.25. The summed E-state index contributed by atoms with van der Waals surface area (Å²) in [6.07, 6.45) is 2.08. The van der Waals surface area contributed by atoms with Gasteiger partial charge in [0.2, 0.25) is 5.91 Å². The van der Waals surface area contributed by atoms with Crippen LogP contribution in [0.3, 0.4) is 0 Å². The topological polar surface area (TPSA) is 79.4 Å². The highest BCUT2D eigenvalue weighted by atomic mass is 32.2. The van der Waals surface area contributed by atoms with Crippen molar-refractivity contribution in [3.8, 4) is 11.3 Å². The molecule has 3 heterocycles. The molecule has 158 valence electrons. The Labute approximate surface area is 184 Å². The van der Waals surface area contributed by atoms with Crippen molar-refractivity contribution in [2.45, 2.75) is 43.4 Å². The molecule has 3 aromatic rings. The van der Waals surface area contributed by atoms with Gasteiger partial charge < -0.3 is 5.32 Å². The molecule has 2 aromatic heterocycles. The lowest BCUT2D eigenvalue weighted by atomic mass is 10.0. The van der Waals surface area contributed by atoms with Gasteiger partial charge in [-0.1, -0.05) is 36.2 Å². The standard InChI is InChI=1S/C21H23N3O3S3/c1-14-8-9-16(15(2)12-14)17-13-29-21(22-17)23-20(25)18-6-3-4-10-24(18)30(26,27)19-7-5-11-28-19/h5,7-9,11-13,18H,3-4,6,10H2,1-2H3,(H,22,23,25). The summed E-state index contributed by atoms with van der Waals surface area (Å²) in [7, 11) is -3.68. The maximum absolute atomic E-state index is 13.0. The zero-order chi connectivity index (χ0) is 21.3. The first kappa shape index (κ1) is 21.2. The normalized spacial score (nSPS) is 17.7. The van der Waals surface area contributed by atoms with E-state index in [-0.39, 0.29) is 10.1 Å². The number of sulfonamides is 1. The smallest absolute Gasteiger partial charge is 0.253 e. The lowest BCUT2D eigenvalue weighted by molar-refractivity contribution is -0.120. The molecular formula is C21H23N3O3S3. The lowest BCUT2D eigenvalue weighted by Crippen LogP contribution is -2.49. The van der Waals surface area contributed by atoms with Crippen LogP contribution in [0.1, 0.15) is 30.4 Å². The van der Waals surface area contributed by atoms with E-state index < -0.39 is 16.1 Å². The zero-order valence-corrected chi connectivity index (χ0v) is 19.2. The molecule has 0 radical (unpaired) electrons. The van der Waals surface area contributed by atoms with Gasteiger partial charge in [0.05, 0.1) is 5.69 Å². The van der Waals surface area contributed by atoms with E-state index >= 15 is 0 Å². The van der Waals surface area contributed by atoms with Crippen molar-refractivity contribution in [1.29, 1.82) is 0 Å². The summed E-state index contributed by atoms with van der Waals surface area (Å²) in [5.41, 5.74) is 4.14. The van der Waals surface area contributed by atoms with E-state index in [4.69, 9.17) is 0 Å². The fraction of sp³-hybridized carbons (Fsp3) is 0.333. The fourth-order valence-electron chi connectivity index (χ4n) is 3.73. The highest BCUT2D eigenvalue weighted by Crippen LogP contribution is 2.31. The average Bonchev–Trinajstić information content (AvgIpc) is 3.41. The van der Waals surface area contributed by atoms with Crippen molar-refractivity contribution in [2.24, 2.45) is 0 Å². The SMILES string of the molecule is Cc1ccc(-c2csc(NC(=O)C3CCCCN3S(=O)(=O)c3cccs3)n2)c(C)c1. The second kappa shape index (κ2) is 8.58. The molecule has 1 amide bonds. The van der Waals surface area contributed by atoms with E-state index in [1.807, 2.05) is 31.4 Å². The van der Waals surface area contributed by atoms with Gasteiger partial charge in [-0.2, -0.15) is 4.31 Å². The zero-order valence-electron chi connectivity index (χ0n) is 16.8. The molecule has 0 saturated carbocycles. The number of hydrogen-bond acceptors (Lipinski definition) is 6. The second-order valence-corrected chi connectivity index (χ2v) is 11.3. The quantitative estimate of drug-likeness (QED) is 0.599. The van der Waals surface area contributed by atoms with Gasteiger partial charge in [-0.25, -0.2) is 13.4 Å². The average molecular weight is 462 g/mol. The van der Waals surface area contributed by atoms with Gasteiger partial charge >= 0.3 is 0 Å². The summed E-state index contributed by atoms with van der Waals surface area (Å²) < 4.78 is 27.6. The van der Waals surface area contributed by atoms with Crippen molar-refractivity contribution in [3.63, 3.8) is 0 Å². The fourth-order valence-corrected chi connectivity index (χ4v) is 7.21. The molecule has 1 saturated heterocycles. The van der Waals surface area contributed by atoms with Gasteiger partial charge in [0, 0.05) is 17.5 Å². The van der Waals surface area contributed by atoms with Crippen LogP contribution in [-0.2, 0) is 14.8 Å². The van der Waals surface area contributed by atoms with E-state index in [0.717, 1.165) is 29.7 Å². The third-order valence-electron chi connectivity index (χ3n) is 5.21. The first-order chi connectivity index (χ1) is 14.4. The van der Waals surface area contributed by atoms with Crippen LogP contribution in [0.15, 0.2) is 45.3 Å². The number of carbonyl (C=O) groups excluding carboxylic acids is 1. The Hall–Kier alpha value is -2.07. The molecule has 0 bridgehead atoms. The molecule has 1 N–H and O–H groups in total. The van der Waals surface area contributed by atoms with Crippen molar-refractivity contribution >= 4 is 43.7 Å². The Kier molecular flexibility index (Phi) is 6.06. The largest absolute Gasteiger partial charge is 0.301 e. The Balaban J connectivity index is 1.53. The van der Waals surface area contributed by atoms with Crippen LogP contribution < -0.4 is 5.32 Å². The first-order valence-electron chi connectivity index (χ1n) is 9.75. The van der Waals surface area contributed by atoms with Gasteiger partial charge in [0.1, 0.15) is 10.3 Å². The van der Waals surface area contributed by atoms with E-state index in [1.54, 1.807) is 17.5 Å². The Bertz CT molecular complexity index is 1150. The van der Waals surface area contributed by atoms with Gasteiger partial charge in [-0.15, -0.1) is 22.7 Å². The summed E-state index contributed by atoms with van der Waals surface area (Å²) >= 11 is 2.52. The molecule has 4 rings (SSSR count). The summed E-state index contributed by atoms with van der Waals surface area (Å²) in [6.45, 7) is 4.43. The van der Waals surface area contributed by atoms with E-state index in [0.29, 0.717) is 18.1 Å². The molecule has 30 heavy (non-hydrogen) atoms. The monoisotopic (exact) mass is 461 g/mol. The molecule has 1 aliphatic heterocycles. The van der Waals surface area contributed by atoms with Crippen LogP contribution in [0.2, 0.25) is 0 Å². The van der Waals surface area contributed by atoms with Crippen molar-refractivity contribution in [2.75, 3.05) is 11.9 Å². The number of carbonyl (C=O) groups is 1. The maximum Gasteiger partial charge on any atom is 0.253 e. The molecule has 1 fully saturated rings. The first-order valence-corrected chi connectivity index (χ1v) is 13.0. The highest BCUT2D eigenvalue weighted by Gasteiger charge is 2.38. The van der Waals surface area contributed by atoms with Crippen LogP contribution in [-0.4, -0.2) is 36.2 Å². The number of aryl methyl sites for hydroxylation is 2. The second-order valence-electron chi connectivity index (χ2n) is 7.40. The van der Waals surface area contributed by atoms with Crippen LogP contribution >= 0.6 is 22.7 Å². The molecule has 6 nitrogen and oxygen atoms in total. The molecule has 1 aromatic carbocycles. The van der Waals surface area contributed by atoms with E-state index in [1.165, 1.54) is 32.5 Å². The Morgan fingerprint density at radius 3 is 2.77 bits per heavy atom. The van der Waals surface area contributed by atoms with Gasteiger partial charge in [0.15, 0.2) is 5.13 Å². The van der Waals surface area contributed by atoms with Crippen LogP contribution in [0, 0.1) is 13.8 Å². The van der Waals surface area contributed by atoms with E-state index in [2.05, 4.69) is 16.4 Å². The number of piperidine rings is 1. The molecule has 9 heteroatoms. The number of nitrogens with one attached hydrogen (secondary N) is 1. The Morgan fingerprint density at radius 2 is 2.03 bits per heavy atom. The molecule has 1 atom stereocenters. The number of anilines is 1.